The van der Waals surface area contributed by atoms with Gasteiger partial charge in [-0.05, 0) is 31.7 Å². The normalized spacial score (nSPS) is 10.8. The summed E-state index contributed by atoms with van der Waals surface area (Å²) in [7, 11) is 1.63. The van der Waals surface area contributed by atoms with E-state index >= 15 is 0 Å². The third-order valence-corrected chi connectivity index (χ3v) is 4.61. The quantitative estimate of drug-likeness (QED) is 0.582. The molecule has 2 aromatic heterocycles. The Morgan fingerprint density at radius 1 is 1.33 bits per heavy atom. The van der Waals surface area contributed by atoms with Gasteiger partial charge < -0.3 is 10.5 Å². The Bertz CT molecular complexity index is 987. The maximum absolute atomic E-state index is 9.51. The Morgan fingerprint density at radius 3 is 2.71 bits per heavy atom. The zero-order chi connectivity index (χ0) is 17.4. The molecule has 0 atom stereocenters. The third kappa shape index (κ3) is 2.27. The van der Waals surface area contributed by atoms with Gasteiger partial charge in [-0.1, -0.05) is 17.8 Å². The van der Waals surface area contributed by atoms with Gasteiger partial charge >= 0.3 is 0 Å². The van der Waals surface area contributed by atoms with Crippen molar-refractivity contribution in [2.75, 3.05) is 19.1 Å². The summed E-state index contributed by atoms with van der Waals surface area (Å²) < 4.78 is 7.26. The van der Waals surface area contributed by atoms with Gasteiger partial charge in [0.05, 0.1) is 18.2 Å². The zero-order valence-corrected chi connectivity index (χ0v) is 14.7. The second kappa shape index (κ2) is 6.06. The average Bonchev–Trinajstić information content (AvgIpc) is 2.86. The predicted octanol–water partition coefficient (Wildman–Crippen LogP) is 3.22. The maximum Gasteiger partial charge on any atom is 0.189 e. The summed E-state index contributed by atoms with van der Waals surface area (Å²) in [6.45, 7) is 3.96. The molecule has 0 saturated carbocycles. The monoisotopic (exact) mass is 339 g/mol. The average molecular weight is 339 g/mol. The number of thioether (sulfide) groups is 1. The SMILES string of the molecule is COc1ccc(C)c(-n2c(N)c(C#N)c3cnc(SC)nc32)c1C. The van der Waals surface area contributed by atoms with Crippen molar-refractivity contribution in [1.29, 1.82) is 5.26 Å². The topological polar surface area (TPSA) is 89.8 Å². The van der Waals surface area contributed by atoms with E-state index in [0.717, 1.165) is 22.6 Å². The van der Waals surface area contributed by atoms with Crippen LogP contribution in [0, 0.1) is 25.2 Å². The van der Waals surface area contributed by atoms with Crippen LogP contribution in [0.25, 0.3) is 16.7 Å². The number of hydrogen-bond donors (Lipinski definition) is 1. The van der Waals surface area contributed by atoms with E-state index in [1.807, 2.05) is 36.8 Å². The Kier molecular flexibility index (Phi) is 4.08. The molecule has 0 aliphatic heterocycles. The molecule has 2 heterocycles. The number of methoxy groups -OCH3 is 1. The van der Waals surface area contributed by atoms with Crippen LogP contribution in [0.15, 0.2) is 23.5 Å². The van der Waals surface area contributed by atoms with Crippen LogP contribution in [-0.2, 0) is 0 Å². The van der Waals surface area contributed by atoms with Gasteiger partial charge in [-0.3, -0.25) is 4.57 Å². The summed E-state index contributed by atoms with van der Waals surface area (Å²) in [5.74, 6) is 1.12. The number of hydrogen-bond acceptors (Lipinski definition) is 6. The molecule has 0 aliphatic rings. The first-order valence-corrected chi connectivity index (χ1v) is 8.51. The molecule has 0 bridgehead atoms. The number of nitrogens with zero attached hydrogens (tertiary/aromatic N) is 4. The standard InChI is InChI=1S/C17H17N5OS/c1-9-5-6-13(23-3)10(2)14(9)22-15(19)11(7-18)12-8-20-17(24-4)21-16(12)22/h5-6,8H,19H2,1-4H3. The Morgan fingerprint density at radius 2 is 2.08 bits per heavy atom. The molecule has 1 aromatic carbocycles. The molecule has 0 aliphatic carbocycles. The van der Waals surface area contributed by atoms with Crippen LogP contribution in [0.2, 0.25) is 0 Å². The van der Waals surface area contributed by atoms with E-state index < -0.39 is 0 Å². The number of ether oxygens (including phenoxy) is 1. The number of anilines is 1. The summed E-state index contributed by atoms with van der Waals surface area (Å²) in [6.07, 6.45) is 3.56. The van der Waals surface area contributed by atoms with Gasteiger partial charge in [0.1, 0.15) is 23.2 Å². The number of benzene rings is 1. The molecule has 0 spiro atoms. The lowest BCUT2D eigenvalue weighted by atomic mass is 10.1. The highest BCUT2D eigenvalue weighted by molar-refractivity contribution is 7.98. The number of fused-ring (bicyclic) bond motifs is 1. The van der Waals surface area contributed by atoms with Crippen molar-refractivity contribution >= 4 is 28.6 Å². The molecule has 122 valence electrons. The smallest absolute Gasteiger partial charge is 0.189 e. The largest absolute Gasteiger partial charge is 0.496 e. The molecule has 24 heavy (non-hydrogen) atoms. The van der Waals surface area contributed by atoms with Crippen molar-refractivity contribution in [3.63, 3.8) is 0 Å². The minimum Gasteiger partial charge on any atom is -0.496 e. The van der Waals surface area contributed by atoms with Crippen LogP contribution in [0.3, 0.4) is 0 Å². The molecule has 3 rings (SSSR count). The summed E-state index contributed by atoms with van der Waals surface area (Å²) in [4.78, 5) is 8.85. The molecule has 6 nitrogen and oxygen atoms in total. The molecule has 0 radical (unpaired) electrons. The number of aryl methyl sites for hydroxylation is 1. The highest BCUT2D eigenvalue weighted by Crippen LogP contribution is 2.35. The summed E-state index contributed by atoms with van der Waals surface area (Å²) in [5.41, 5.74) is 10.2. The summed E-state index contributed by atoms with van der Waals surface area (Å²) in [5, 5.41) is 10.8. The highest BCUT2D eigenvalue weighted by atomic mass is 32.2. The molecular weight excluding hydrogens is 322 g/mol. The van der Waals surface area contributed by atoms with E-state index in [9.17, 15) is 5.26 Å². The molecule has 7 heteroatoms. The lowest BCUT2D eigenvalue weighted by Gasteiger charge is -2.16. The van der Waals surface area contributed by atoms with Gasteiger partial charge in [-0.2, -0.15) is 5.26 Å². The second-order valence-corrected chi connectivity index (χ2v) is 6.13. The van der Waals surface area contributed by atoms with Crippen molar-refractivity contribution in [2.45, 2.75) is 19.0 Å². The minimum absolute atomic E-state index is 0.361. The van der Waals surface area contributed by atoms with Gasteiger partial charge in [0, 0.05) is 11.8 Å². The van der Waals surface area contributed by atoms with Crippen LogP contribution in [0.1, 0.15) is 16.7 Å². The van der Waals surface area contributed by atoms with Crippen LogP contribution >= 0.6 is 11.8 Å². The van der Waals surface area contributed by atoms with Gasteiger partial charge in [0.25, 0.3) is 0 Å². The first-order chi connectivity index (χ1) is 11.5. The Hall–Kier alpha value is -2.72. The predicted molar refractivity (Wildman–Crippen MR) is 95.8 cm³/mol. The number of aromatic nitrogens is 3. The molecule has 0 saturated heterocycles. The minimum atomic E-state index is 0.361. The summed E-state index contributed by atoms with van der Waals surface area (Å²) in [6, 6.07) is 6.06. The Labute approximate surface area is 144 Å². The van der Waals surface area contributed by atoms with E-state index in [-0.39, 0.29) is 0 Å². The fourth-order valence-corrected chi connectivity index (χ4v) is 3.23. The molecule has 0 unspecified atom stereocenters. The highest BCUT2D eigenvalue weighted by Gasteiger charge is 2.21. The maximum atomic E-state index is 9.51. The van der Waals surface area contributed by atoms with Crippen molar-refractivity contribution in [3.05, 3.63) is 35.0 Å². The van der Waals surface area contributed by atoms with E-state index in [0.29, 0.717) is 27.6 Å². The number of nitriles is 1. The fraction of sp³-hybridized carbons (Fsp3) is 0.235. The third-order valence-electron chi connectivity index (χ3n) is 4.05. The van der Waals surface area contributed by atoms with E-state index in [1.165, 1.54) is 11.8 Å². The summed E-state index contributed by atoms with van der Waals surface area (Å²) >= 11 is 1.44. The van der Waals surface area contributed by atoms with Gasteiger partial charge in [0.2, 0.25) is 0 Å². The van der Waals surface area contributed by atoms with E-state index in [1.54, 1.807) is 13.3 Å². The van der Waals surface area contributed by atoms with Crippen molar-refractivity contribution in [2.24, 2.45) is 0 Å². The van der Waals surface area contributed by atoms with E-state index in [2.05, 4.69) is 16.0 Å². The molecule has 0 fully saturated rings. The Balaban J connectivity index is 2.47. The number of rotatable bonds is 3. The van der Waals surface area contributed by atoms with Gasteiger partial charge in [0.15, 0.2) is 10.8 Å². The molecule has 0 amide bonds. The first kappa shape index (κ1) is 16.1. The number of nitrogens with two attached hydrogens (primary N) is 1. The zero-order valence-electron chi connectivity index (χ0n) is 13.9. The van der Waals surface area contributed by atoms with Crippen LogP contribution in [-0.4, -0.2) is 27.9 Å². The molecule has 3 aromatic rings. The van der Waals surface area contributed by atoms with Crippen molar-refractivity contribution < 1.29 is 4.74 Å². The first-order valence-electron chi connectivity index (χ1n) is 7.29. The fourth-order valence-electron chi connectivity index (χ4n) is 2.89. The molecule has 2 N–H and O–H groups in total. The van der Waals surface area contributed by atoms with Crippen LogP contribution in [0.5, 0.6) is 5.75 Å². The lowest BCUT2D eigenvalue weighted by molar-refractivity contribution is 0.411. The number of nitrogen functional groups attached to an aromatic ring is 1. The molecular formula is C17H17N5OS. The van der Waals surface area contributed by atoms with Crippen molar-refractivity contribution in [3.8, 4) is 17.5 Å². The van der Waals surface area contributed by atoms with E-state index in [4.69, 9.17) is 10.5 Å². The van der Waals surface area contributed by atoms with Crippen molar-refractivity contribution in [1.82, 2.24) is 14.5 Å². The van der Waals surface area contributed by atoms with Gasteiger partial charge in [-0.15, -0.1) is 0 Å². The van der Waals surface area contributed by atoms with Crippen LogP contribution < -0.4 is 10.5 Å². The second-order valence-electron chi connectivity index (χ2n) is 5.36. The van der Waals surface area contributed by atoms with Crippen LogP contribution in [0.4, 0.5) is 5.82 Å². The van der Waals surface area contributed by atoms with Gasteiger partial charge in [-0.25, -0.2) is 9.97 Å². The lowest BCUT2D eigenvalue weighted by Crippen LogP contribution is -2.07.